The van der Waals surface area contributed by atoms with Crippen molar-refractivity contribution < 1.29 is 15.0 Å². The summed E-state index contributed by atoms with van der Waals surface area (Å²) in [7, 11) is 0. The van der Waals surface area contributed by atoms with Gasteiger partial charge < -0.3 is 15.5 Å². The maximum absolute atomic E-state index is 11.2. The van der Waals surface area contributed by atoms with E-state index in [1.54, 1.807) is 12.1 Å². The van der Waals surface area contributed by atoms with Crippen molar-refractivity contribution in [1.29, 1.82) is 0 Å². The van der Waals surface area contributed by atoms with E-state index >= 15 is 0 Å². The average molecular weight is 237 g/mol. The Morgan fingerprint density at radius 3 is 2.59 bits per heavy atom. The van der Waals surface area contributed by atoms with Crippen LogP contribution in [0.2, 0.25) is 0 Å². The fourth-order valence-corrected chi connectivity index (χ4v) is 1.59. The second kappa shape index (κ2) is 5.68. The lowest BCUT2D eigenvalue weighted by atomic mass is 10.0. The normalized spacial score (nSPS) is 12.7. The molecule has 0 saturated carbocycles. The molecule has 3 N–H and O–H groups in total. The molecule has 1 aromatic carbocycles. The van der Waals surface area contributed by atoms with Gasteiger partial charge in [0.25, 0.3) is 0 Å². The minimum atomic E-state index is -0.980. The molecule has 4 heteroatoms. The number of benzene rings is 1. The summed E-state index contributed by atoms with van der Waals surface area (Å²) in [4.78, 5) is 11.2. The summed E-state index contributed by atoms with van der Waals surface area (Å²) >= 11 is 0. The largest absolute Gasteiger partial charge is 0.508 e. The number of hydrogen-bond acceptors (Lipinski definition) is 3. The molecule has 0 bridgehead atoms. The highest BCUT2D eigenvalue weighted by atomic mass is 16.4. The zero-order chi connectivity index (χ0) is 13.0. The highest BCUT2D eigenvalue weighted by Gasteiger charge is 2.22. The number of aliphatic carboxylic acids is 1. The van der Waals surface area contributed by atoms with Crippen molar-refractivity contribution in [3.63, 3.8) is 0 Å². The third kappa shape index (κ3) is 3.75. The van der Waals surface area contributed by atoms with Crippen molar-refractivity contribution in [1.82, 2.24) is 5.32 Å². The van der Waals surface area contributed by atoms with Crippen LogP contribution in [-0.4, -0.2) is 22.7 Å². The van der Waals surface area contributed by atoms with Crippen LogP contribution < -0.4 is 5.32 Å². The number of carbonyl (C=O) groups is 1. The molecular weight excluding hydrogens is 218 g/mol. The van der Waals surface area contributed by atoms with Crippen molar-refractivity contribution in [3.05, 3.63) is 29.3 Å². The molecule has 0 aliphatic heterocycles. The predicted molar refractivity (Wildman–Crippen MR) is 66.1 cm³/mol. The molecule has 0 radical (unpaired) electrons. The van der Waals surface area contributed by atoms with Gasteiger partial charge in [-0.25, -0.2) is 0 Å². The lowest BCUT2D eigenvalue weighted by molar-refractivity contribution is -0.139. The maximum atomic E-state index is 11.2. The second-order valence-corrected chi connectivity index (χ2v) is 4.64. The van der Waals surface area contributed by atoms with E-state index in [0.717, 1.165) is 5.56 Å². The highest BCUT2D eigenvalue weighted by molar-refractivity contribution is 5.76. The summed E-state index contributed by atoms with van der Waals surface area (Å²) in [6.07, 6.45) is 0. The maximum Gasteiger partial charge on any atom is 0.325 e. The van der Waals surface area contributed by atoms with Crippen molar-refractivity contribution in [2.45, 2.75) is 26.8 Å². The van der Waals surface area contributed by atoms with E-state index in [1.807, 2.05) is 20.8 Å². The zero-order valence-corrected chi connectivity index (χ0v) is 10.4. The van der Waals surface area contributed by atoms with Gasteiger partial charge in [-0.15, -0.1) is 0 Å². The third-order valence-corrected chi connectivity index (χ3v) is 2.47. The third-order valence-electron chi connectivity index (χ3n) is 2.47. The van der Waals surface area contributed by atoms with Gasteiger partial charge in [0.2, 0.25) is 0 Å². The van der Waals surface area contributed by atoms with Gasteiger partial charge in [0.1, 0.15) is 11.8 Å². The smallest absolute Gasteiger partial charge is 0.325 e. The summed E-state index contributed by atoms with van der Waals surface area (Å²) < 4.78 is 0. The molecule has 0 amide bonds. The van der Waals surface area contributed by atoms with Crippen molar-refractivity contribution in [2.75, 3.05) is 6.54 Å². The number of rotatable bonds is 5. The fourth-order valence-electron chi connectivity index (χ4n) is 1.59. The number of aryl methyl sites for hydroxylation is 1. The fraction of sp³-hybridized carbons (Fsp3) is 0.462. The Balaban J connectivity index is 2.97. The number of carboxylic acids is 1. The van der Waals surface area contributed by atoms with Gasteiger partial charge in [0.15, 0.2) is 0 Å². The van der Waals surface area contributed by atoms with Crippen molar-refractivity contribution in [2.24, 2.45) is 5.92 Å². The topological polar surface area (TPSA) is 69.6 Å². The SMILES string of the molecule is Cc1ccc(O)c(C(NCC(C)C)C(=O)O)c1. The van der Waals surface area contributed by atoms with Gasteiger partial charge in [0, 0.05) is 5.56 Å². The van der Waals surface area contributed by atoms with Gasteiger partial charge >= 0.3 is 5.97 Å². The first kappa shape index (κ1) is 13.5. The number of carboxylic acid groups (broad SMARTS) is 1. The van der Waals surface area contributed by atoms with Gasteiger partial charge in [-0.2, -0.15) is 0 Å². The average Bonchev–Trinajstić information content (AvgIpc) is 2.22. The monoisotopic (exact) mass is 237 g/mol. The summed E-state index contributed by atoms with van der Waals surface area (Å²) in [5, 5.41) is 21.8. The standard InChI is InChI=1S/C13H19NO3/c1-8(2)7-14-12(13(16)17)10-6-9(3)4-5-11(10)15/h4-6,8,12,14-15H,7H2,1-3H3,(H,16,17). The lowest BCUT2D eigenvalue weighted by Crippen LogP contribution is -2.31. The lowest BCUT2D eigenvalue weighted by Gasteiger charge is -2.17. The summed E-state index contributed by atoms with van der Waals surface area (Å²) in [5.74, 6) is -0.616. The van der Waals surface area contributed by atoms with Crippen molar-refractivity contribution in [3.8, 4) is 5.75 Å². The van der Waals surface area contributed by atoms with Crippen LogP contribution in [0.3, 0.4) is 0 Å². The first-order valence-corrected chi connectivity index (χ1v) is 5.67. The Kier molecular flexibility index (Phi) is 4.52. The minimum absolute atomic E-state index is 0.0132. The van der Waals surface area contributed by atoms with Gasteiger partial charge in [-0.3, -0.25) is 4.79 Å². The molecule has 0 spiro atoms. The zero-order valence-electron chi connectivity index (χ0n) is 10.4. The molecule has 0 aliphatic rings. The van der Waals surface area contributed by atoms with E-state index in [2.05, 4.69) is 5.32 Å². The molecule has 0 saturated heterocycles. The Morgan fingerprint density at radius 1 is 1.41 bits per heavy atom. The van der Waals surface area contributed by atoms with Crippen LogP contribution in [-0.2, 0) is 4.79 Å². The second-order valence-electron chi connectivity index (χ2n) is 4.64. The van der Waals surface area contributed by atoms with Crippen LogP contribution in [0.15, 0.2) is 18.2 Å². The van der Waals surface area contributed by atoms with E-state index in [1.165, 1.54) is 6.07 Å². The molecular formula is C13H19NO3. The van der Waals surface area contributed by atoms with E-state index in [4.69, 9.17) is 0 Å². The van der Waals surface area contributed by atoms with Gasteiger partial charge in [-0.05, 0) is 25.5 Å². The highest BCUT2D eigenvalue weighted by Crippen LogP contribution is 2.25. The summed E-state index contributed by atoms with van der Waals surface area (Å²) in [5.41, 5.74) is 1.34. The summed E-state index contributed by atoms with van der Waals surface area (Å²) in [6, 6.07) is 4.11. The van der Waals surface area contributed by atoms with Gasteiger partial charge in [-0.1, -0.05) is 31.5 Å². The van der Waals surface area contributed by atoms with Gasteiger partial charge in [0.05, 0.1) is 0 Å². The number of phenolic OH excluding ortho intramolecular Hbond substituents is 1. The van der Waals surface area contributed by atoms with Crippen LogP contribution in [0.25, 0.3) is 0 Å². The Labute approximate surface area is 101 Å². The van der Waals surface area contributed by atoms with Crippen LogP contribution in [0.1, 0.15) is 31.0 Å². The molecule has 1 atom stereocenters. The Morgan fingerprint density at radius 2 is 2.06 bits per heavy atom. The number of aromatic hydroxyl groups is 1. The molecule has 94 valence electrons. The predicted octanol–water partition coefficient (Wildman–Crippen LogP) is 2.07. The van der Waals surface area contributed by atoms with Crippen molar-refractivity contribution >= 4 is 5.97 Å². The molecule has 0 aliphatic carbocycles. The molecule has 0 aromatic heterocycles. The van der Waals surface area contributed by atoms with E-state index in [9.17, 15) is 15.0 Å². The summed E-state index contributed by atoms with van der Waals surface area (Å²) in [6.45, 7) is 6.46. The van der Waals surface area contributed by atoms with E-state index < -0.39 is 12.0 Å². The first-order valence-electron chi connectivity index (χ1n) is 5.67. The first-order chi connectivity index (χ1) is 7.91. The van der Waals surface area contributed by atoms with E-state index in [-0.39, 0.29) is 5.75 Å². The molecule has 17 heavy (non-hydrogen) atoms. The number of phenols is 1. The molecule has 0 fully saturated rings. The number of nitrogens with one attached hydrogen (secondary N) is 1. The number of hydrogen-bond donors (Lipinski definition) is 3. The molecule has 1 unspecified atom stereocenters. The van der Waals surface area contributed by atoms with Crippen LogP contribution in [0.4, 0.5) is 0 Å². The molecule has 0 heterocycles. The Bertz CT molecular complexity index is 402. The minimum Gasteiger partial charge on any atom is -0.508 e. The molecule has 1 rings (SSSR count). The molecule has 1 aromatic rings. The molecule has 4 nitrogen and oxygen atoms in total. The Hall–Kier alpha value is -1.55. The van der Waals surface area contributed by atoms with Crippen LogP contribution in [0.5, 0.6) is 5.75 Å². The van der Waals surface area contributed by atoms with Crippen LogP contribution in [0, 0.1) is 12.8 Å². The van der Waals surface area contributed by atoms with Crippen LogP contribution >= 0.6 is 0 Å². The quantitative estimate of drug-likeness (QED) is 0.733. The van der Waals surface area contributed by atoms with E-state index in [0.29, 0.717) is 18.0 Å².